The van der Waals surface area contributed by atoms with Crippen molar-refractivity contribution in [2.24, 2.45) is 0 Å². The summed E-state index contributed by atoms with van der Waals surface area (Å²) in [4.78, 5) is 0. The highest BCUT2D eigenvalue weighted by molar-refractivity contribution is 7.07. The van der Waals surface area contributed by atoms with E-state index in [0.717, 1.165) is 5.76 Å². The number of aliphatic hydroxyl groups is 1. The number of nitrogens with zero attached hydrogens (tertiary/aromatic N) is 1. The maximum atomic E-state index is 8.43. The van der Waals surface area contributed by atoms with Crippen LogP contribution in [0.1, 0.15) is 77.3 Å². The molecular weight excluding hydrogens is 294 g/mol. The number of hydrogen-bond acceptors (Lipinski definition) is 4. The molecule has 0 atom stereocenters. The van der Waals surface area contributed by atoms with E-state index >= 15 is 0 Å². The summed E-state index contributed by atoms with van der Waals surface area (Å²) in [6.45, 7) is 14.5. The molecule has 0 aliphatic carbocycles. The molecule has 0 aliphatic heterocycles. The van der Waals surface area contributed by atoms with E-state index in [-0.39, 0.29) is 6.61 Å². The van der Waals surface area contributed by atoms with Crippen LogP contribution in [0.2, 0.25) is 0 Å². The largest absolute Gasteiger partial charge is 0.390 e. The molecule has 3 nitrogen and oxygen atoms in total. The number of unbranched alkanes of at least 4 members (excludes halogenated alkanes) is 1. The molecule has 2 heterocycles. The van der Waals surface area contributed by atoms with Crippen molar-refractivity contribution < 1.29 is 9.63 Å². The molecule has 0 radical (unpaired) electrons. The normalized spacial score (nSPS) is 8.95. The van der Waals surface area contributed by atoms with Gasteiger partial charge in [-0.3, -0.25) is 0 Å². The zero-order chi connectivity index (χ0) is 17.4. The lowest BCUT2D eigenvalue weighted by molar-refractivity contribution is 0.265. The Hall–Kier alpha value is -1.13. The first kappa shape index (κ1) is 23.1. The third-order valence-electron chi connectivity index (χ3n) is 2.55. The fraction of sp³-hybridized carbons (Fsp3) is 0.611. The van der Waals surface area contributed by atoms with Crippen LogP contribution >= 0.6 is 11.3 Å². The molecule has 2 aromatic rings. The first-order chi connectivity index (χ1) is 10.5. The van der Waals surface area contributed by atoms with Gasteiger partial charge in [-0.25, -0.2) is 0 Å². The van der Waals surface area contributed by atoms with Crippen molar-refractivity contribution >= 4 is 11.3 Å². The number of thiophene rings is 1. The van der Waals surface area contributed by atoms with Crippen LogP contribution in [0.15, 0.2) is 27.4 Å². The minimum atomic E-state index is -0.0443. The third kappa shape index (κ3) is 12.6. The number of aryl methyl sites for hydroxylation is 1. The molecule has 0 aromatic carbocycles. The Morgan fingerprint density at radius 3 is 2.00 bits per heavy atom. The Morgan fingerprint density at radius 2 is 1.82 bits per heavy atom. The second-order valence-corrected chi connectivity index (χ2v) is 5.58. The van der Waals surface area contributed by atoms with Gasteiger partial charge in [0.05, 0.1) is 6.61 Å². The summed E-state index contributed by atoms with van der Waals surface area (Å²) in [5.41, 5.74) is 2.04. The van der Waals surface area contributed by atoms with E-state index in [1.807, 2.05) is 13.8 Å². The van der Waals surface area contributed by atoms with Gasteiger partial charge in [-0.1, -0.05) is 59.5 Å². The molecule has 0 bridgehead atoms. The van der Waals surface area contributed by atoms with E-state index in [0.29, 0.717) is 11.6 Å². The lowest BCUT2D eigenvalue weighted by atomic mass is 10.1. The van der Waals surface area contributed by atoms with Gasteiger partial charge in [0.1, 0.15) is 11.5 Å². The highest BCUT2D eigenvalue weighted by atomic mass is 32.1. The lowest BCUT2D eigenvalue weighted by Gasteiger charge is -1.96. The molecule has 0 unspecified atom stereocenters. The van der Waals surface area contributed by atoms with Crippen molar-refractivity contribution in [3.8, 4) is 0 Å². The van der Waals surface area contributed by atoms with Gasteiger partial charge in [-0.05, 0) is 35.2 Å². The highest BCUT2D eigenvalue weighted by Crippen LogP contribution is 2.16. The predicted octanol–water partition coefficient (Wildman–Crippen LogP) is 6.18. The molecule has 1 N–H and O–H groups in total. The molecule has 0 fully saturated rings. The predicted molar refractivity (Wildman–Crippen MR) is 97.5 cm³/mol. The first-order valence-corrected chi connectivity index (χ1v) is 9.04. The summed E-state index contributed by atoms with van der Waals surface area (Å²) in [5.74, 6) is 1.43. The maximum Gasteiger partial charge on any atom is 0.134 e. The molecule has 4 heteroatoms. The standard InChI is InChI=1S/C7H10S.C5H7NO2.C4H10.C2H6/c1-6(2)7-3-4-8-5-7;1-4-2-5(3-7)6-8-4;1-3-4-2;1-2/h3-6H,1-2H3;2,7H,3H2,1H3;3-4H2,1-2H3;1-2H3. The number of hydrogen-bond donors (Lipinski definition) is 1. The molecule has 0 amide bonds. The van der Waals surface area contributed by atoms with Gasteiger partial charge in [0, 0.05) is 6.07 Å². The van der Waals surface area contributed by atoms with Crippen LogP contribution in [0.3, 0.4) is 0 Å². The van der Waals surface area contributed by atoms with Gasteiger partial charge in [0.25, 0.3) is 0 Å². The van der Waals surface area contributed by atoms with Crippen molar-refractivity contribution in [3.63, 3.8) is 0 Å². The Bertz CT molecular complexity index is 420. The van der Waals surface area contributed by atoms with Gasteiger partial charge < -0.3 is 9.63 Å². The number of aliphatic hydroxyl groups excluding tert-OH is 1. The average molecular weight is 328 g/mol. The minimum absolute atomic E-state index is 0.0443. The second-order valence-electron chi connectivity index (χ2n) is 4.80. The van der Waals surface area contributed by atoms with E-state index in [1.165, 1.54) is 18.4 Å². The molecule has 0 saturated carbocycles. The molecular formula is C18H33NO2S. The first-order valence-electron chi connectivity index (χ1n) is 8.10. The van der Waals surface area contributed by atoms with E-state index in [9.17, 15) is 0 Å². The van der Waals surface area contributed by atoms with Crippen molar-refractivity contribution in [3.05, 3.63) is 39.9 Å². The van der Waals surface area contributed by atoms with Crippen LogP contribution < -0.4 is 0 Å². The third-order valence-corrected chi connectivity index (χ3v) is 3.25. The van der Waals surface area contributed by atoms with Crippen molar-refractivity contribution in [2.75, 3.05) is 0 Å². The van der Waals surface area contributed by atoms with Crippen LogP contribution in [0.25, 0.3) is 0 Å². The number of rotatable bonds is 3. The molecule has 0 spiro atoms. The maximum absolute atomic E-state index is 8.43. The van der Waals surface area contributed by atoms with Crippen LogP contribution in [-0.4, -0.2) is 10.3 Å². The summed E-state index contributed by atoms with van der Waals surface area (Å²) in [5, 5.41) is 16.3. The fourth-order valence-corrected chi connectivity index (χ4v) is 1.92. The zero-order valence-corrected chi connectivity index (χ0v) is 16.0. The van der Waals surface area contributed by atoms with Crippen molar-refractivity contribution in [2.45, 2.75) is 73.8 Å². The molecule has 2 aromatic heterocycles. The van der Waals surface area contributed by atoms with E-state index in [2.05, 4.69) is 54.2 Å². The Kier molecular flexibility index (Phi) is 17.1. The lowest BCUT2D eigenvalue weighted by Crippen LogP contribution is -1.79. The van der Waals surface area contributed by atoms with Gasteiger partial charge >= 0.3 is 0 Å². The fourth-order valence-electron chi connectivity index (χ4n) is 1.10. The average Bonchev–Trinajstić information content (AvgIpc) is 3.21. The van der Waals surface area contributed by atoms with E-state index < -0.39 is 0 Å². The molecule has 128 valence electrons. The van der Waals surface area contributed by atoms with Crippen molar-refractivity contribution in [1.29, 1.82) is 0 Å². The summed E-state index contributed by atoms with van der Waals surface area (Å²) >= 11 is 1.77. The van der Waals surface area contributed by atoms with Crippen LogP contribution in [0.5, 0.6) is 0 Å². The molecule has 2 rings (SSSR count). The van der Waals surface area contributed by atoms with Crippen molar-refractivity contribution in [1.82, 2.24) is 5.16 Å². The van der Waals surface area contributed by atoms with Gasteiger partial charge in [-0.15, -0.1) is 0 Å². The highest BCUT2D eigenvalue weighted by Gasteiger charge is 1.95. The Labute approximate surface area is 140 Å². The van der Waals surface area contributed by atoms with E-state index in [4.69, 9.17) is 5.11 Å². The summed E-state index contributed by atoms with van der Waals surface area (Å²) in [6.07, 6.45) is 2.64. The summed E-state index contributed by atoms with van der Waals surface area (Å²) < 4.78 is 4.65. The minimum Gasteiger partial charge on any atom is -0.390 e. The van der Waals surface area contributed by atoms with Crippen LogP contribution in [0, 0.1) is 6.92 Å². The Balaban J connectivity index is 0. The SMILES string of the molecule is CC.CC(C)c1ccsc1.CCCC.Cc1cc(CO)no1. The van der Waals surface area contributed by atoms with Gasteiger partial charge in [-0.2, -0.15) is 11.3 Å². The summed E-state index contributed by atoms with van der Waals surface area (Å²) in [6, 6.07) is 3.87. The molecule has 0 saturated heterocycles. The smallest absolute Gasteiger partial charge is 0.134 e. The zero-order valence-electron chi connectivity index (χ0n) is 15.2. The number of aromatic nitrogens is 1. The topological polar surface area (TPSA) is 46.3 Å². The van der Waals surface area contributed by atoms with Gasteiger partial charge in [0.2, 0.25) is 0 Å². The summed E-state index contributed by atoms with van der Waals surface area (Å²) in [7, 11) is 0. The monoisotopic (exact) mass is 327 g/mol. The molecule has 0 aliphatic rings. The van der Waals surface area contributed by atoms with E-state index in [1.54, 1.807) is 24.3 Å². The van der Waals surface area contributed by atoms with Gasteiger partial charge in [0.15, 0.2) is 0 Å². The van der Waals surface area contributed by atoms with Crippen LogP contribution in [-0.2, 0) is 6.61 Å². The van der Waals surface area contributed by atoms with Crippen LogP contribution in [0.4, 0.5) is 0 Å². The Morgan fingerprint density at radius 1 is 1.23 bits per heavy atom. The molecule has 22 heavy (non-hydrogen) atoms. The second kappa shape index (κ2) is 16.2. The quantitative estimate of drug-likeness (QED) is 0.732.